The number of aryl methyl sites for hydroxylation is 1. The quantitative estimate of drug-likeness (QED) is 0.821. The topological polar surface area (TPSA) is 75.7 Å². The molecule has 1 N–H and O–H groups in total. The summed E-state index contributed by atoms with van der Waals surface area (Å²) in [5.74, 6) is -2.35. The molecule has 1 atom stereocenters. The maximum Gasteiger partial charge on any atom is 0.311 e. The van der Waals surface area contributed by atoms with Crippen molar-refractivity contribution in [3.63, 3.8) is 0 Å². The lowest BCUT2D eigenvalue weighted by Crippen LogP contribution is -2.28. The average molecular weight is 370 g/mol. The van der Waals surface area contributed by atoms with Gasteiger partial charge in [0.1, 0.15) is 5.82 Å². The van der Waals surface area contributed by atoms with Crippen molar-refractivity contribution in [3.8, 4) is 0 Å². The molecule has 1 fully saturated rings. The predicted octanol–water partition coefficient (Wildman–Crippen LogP) is 2.67. The second-order valence-electron chi connectivity index (χ2n) is 6.35. The summed E-state index contributed by atoms with van der Waals surface area (Å²) >= 11 is 0. The Hall–Kier alpha value is -3.22. The van der Waals surface area contributed by atoms with Crippen LogP contribution in [0.4, 0.5) is 15.8 Å². The molecule has 2 aromatic carbocycles. The Morgan fingerprint density at radius 2 is 1.89 bits per heavy atom. The SMILES string of the molecule is Cc1ccccc1NC(=O)COC(=O)[C@@H]1CC(=O)N(c2ccc(F)cc2)C1. The van der Waals surface area contributed by atoms with Gasteiger partial charge in [-0.25, -0.2) is 4.39 Å². The van der Waals surface area contributed by atoms with Gasteiger partial charge in [-0.05, 0) is 42.8 Å². The molecule has 0 spiro atoms. The second kappa shape index (κ2) is 7.99. The van der Waals surface area contributed by atoms with Crippen molar-refractivity contribution in [2.45, 2.75) is 13.3 Å². The van der Waals surface area contributed by atoms with Gasteiger partial charge in [-0.2, -0.15) is 0 Å². The highest BCUT2D eigenvalue weighted by Crippen LogP contribution is 2.26. The molecule has 1 aliphatic rings. The van der Waals surface area contributed by atoms with Crippen LogP contribution >= 0.6 is 0 Å². The fourth-order valence-corrected chi connectivity index (χ4v) is 2.89. The number of hydrogen-bond donors (Lipinski definition) is 1. The number of nitrogens with one attached hydrogen (secondary N) is 1. The molecular formula is C20H19FN2O4. The number of ether oxygens (including phenoxy) is 1. The number of benzene rings is 2. The molecule has 1 heterocycles. The minimum Gasteiger partial charge on any atom is -0.455 e. The van der Waals surface area contributed by atoms with Crippen LogP contribution in [0, 0.1) is 18.7 Å². The number of carbonyl (C=O) groups is 3. The first-order valence-corrected chi connectivity index (χ1v) is 8.52. The van der Waals surface area contributed by atoms with E-state index in [1.54, 1.807) is 12.1 Å². The van der Waals surface area contributed by atoms with Gasteiger partial charge in [0.15, 0.2) is 6.61 Å². The van der Waals surface area contributed by atoms with Crippen molar-refractivity contribution >= 4 is 29.2 Å². The average Bonchev–Trinajstić information content (AvgIpc) is 3.04. The lowest BCUT2D eigenvalue weighted by atomic mass is 10.1. The second-order valence-corrected chi connectivity index (χ2v) is 6.35. The van der Waals surface area contributed by atoms with Crippen LogP contribution in [0.3, 0.4) is 0 Å². The predicted molar refractivity (Wildman–Crippen MR) is 97.6 cm³/mol. The zero-order valence-electron chi connectivity index (χ0n) is 14.8. The van der Waals surface area contributed by atoms with E-state index in [1.807, 2.05) is 19.1 Å². The monoisotopic (exact) mass is 370 g/mol. The van der Waals surface area contributed by atoms with Gasteiger partial charge in [-0.1, -0.05) is 18.2 Å². The molecule has 3 rings (SSSR count). The lowest BCUT2D eigenvalue weighted by Gasteiger charge is -2.16. The maximum atomic E-state index is 13.0. The zero-order chi connectivity index (χ0) is 19.4. The van der Waals surface area contributed by atoms with Gasteiger partial charge in [0.05, 0.1) is 5.92 Å². The molecule has 140 valence electrons. The largest absolute Gasteiger partial charge is 0.455 e. The molecule has 0 aromatic heterocycles. The van der Waals surface area contributed by atoms with Crippen molar-refractivity contribution < 1.29 is 23.5 Å². The van der Waals surface area contributed by atoms with Crippen LogP contribution in [0.15, 0.2) is 48.5 Å². The highest BCUT2D eigenvalue weighted by atomic mass is 19.1. The summed E-state index contributed by atoms with van der Waals surface area (Å²) < 4.78 is 18.1. The first-order chi connectivity index (χ1) is 12.9. The first kappa shape index (κ1) is 18.6. The standard InChI is InChI=1S/C20H19FN2O4/c1-13-4-2-3-5-17(13)22-18(24)12-27-20(26)14-10-19(25)23(11-14)16-8-6-15(21)7-9-16/h2-9,14H,10-12H2,1H3,(H,22,24)/t14-/m1/s1. The van der Waals surface area contributed by atoms with Crippen LogP contribution in [0.1, 0.15) is 12.0 Å². The van der Waals surface area contributed by atoms with Crippen LogP contribution < -0.4 is 10.2 Å². The number of para-hydroxylation sites is 1. The molecule has 6 nitrogen and oxygen atoms in total. The van der Waals surface area contributed by atoms with Crippen molar-refractivity contribution in [2.24, 2.45) is 5.92 Å². The Bertz CT molecular complexity index is 867. The summed E-state index contributed by atoms with van der Waals surface area (Å²) in [6.45, 7) is 1.58. The van der Waals surface area contributed by atoms with E-state index < -0.39 is 30.2 Å². The Labute approximate surface area is 155 Å². The van der Waals surface area contributed by atoms with E-state index in [0.29, 0.717) is 11.4 Å². The number of carbonyl (C=O) groups excluding carboxylic acids is 3. The van der Waals surface area contributed by atoms with E-state index in [4.69, 9.17) is 4.74 Å². The van der Waals surface area contributed by atoms with E-state index in [1.165, 1.54) is 29.2 Å². The fraction of sp³-hybridized carbons (Fsp3) is 0.250. The van der Waals surface area contributed by atoms with Gasteiger partial charge in [-0.3, -0.25) is 14.4 Å². The van der Waals surface area contributed by atoms with Crippen molar-refractivity contribution in [3.05, 3.63) is 59.9 Å². The number of anilines is 2. The van der Waals surface area contributed by atoms with Crippen molar-refractivity contribution in [1.82, 2.24) is 0 Å². The van der Waals surface area contributed by atoms with Gasteiger partial charge >= 0.3 is 5.97 Å². The number of amides is 2. The highest BCUT2D eigenvalue weighted by molar-refractivity contribution is 6.00. The summed E-state index contributed by atoms with van der Waals surface area (Å²) in [6.07, 6.45) is -0.00434. The molecular weight excluding hydrogens is 351 g/mol. The van der Waals surface area contributed by atoms with Crippen LogP contribution in [-0.2, 0) is 19.1 Å². The smallest absolute Gasteiger partial charge is 0.311 e. The Morgan fingerprint density at radius 3 is 2.59 bits per heavy atom. The lowest BCUT2D eigenvalue weighted by molar-refractivity contribution is -0.151. The van der Waals surface area contributed by atoms with E-state index in [-0.39, 0.29) is 18.9 Å². The van der Waals surface area contributed by atoms with E-state index >= 15 is 0 Å². The summed E-state index contributed by atoms with van der Waals surface area (Å²) in [4.78, 5) is 37.7. The third kappa shape index (κ3) is 4.49. The molecule has 27 heavy (non-hydrogen) atoms. The molecule has 1 aliphatic heterocycles. The number of rotatable bonds is 5. The Balaban J connectivity index is 1.53. The number of nitrogens with zero attached hydrogens (tertiary/aromatic N) is 1. The summed E-state index contributed by atoms with van der Waals surface area (Å²) in [5.41, 5.74) is 2.07. The number of esters is 1. The molecule has 0 radical (unpaired) electrons. The number of hydrogen-bond acceptors (Lipinski definition) is 4. The maximum absolute atomic E-state index is 13.0. The van der Waals surface area contributed by atoms with Crippen LogP contribution in [-0.4, -0.2) is 30.9 Å². The summed E-state index contributed by atoms with van der Waals surface area (Å²) in [7, 11) is 0. The van der Waals surface area contributed by atoms with Crippen molar-refractivity contribution in [1.29, 1.82) is 0 Å². The minimum atomic E-state index is -0.659. The van der Waals surface area contributed by atoms with E-state index in [9.17, 15) is 18.8 Å². The summed E-state index contributed by atoms with van der Waals surface area (Å²) in [6, 6.07) is 12.7. The van der Waals surface area contributed by atoms with Crippen molar-refractivity contribution in [2.75, 3.05) is 23.4 Å². The van der Waals surface area contributed by atoms with Gasteiger partial charge in [0, 0.05) is 24.3 Å². The third-order valence-electron chi connectivity index (χ3n) is 4.36. The Morgan fingerprint density at radius 1 is 1.19 bits per heavy atom. The molecule has 1 saturated heterocycles. The van der Waals surface area contributed by atoms with Crippen LogP contribution in [0.25, 0.3) is 0 Å². The van der Waals surface area contributed by atoms with Crippen LogP contribution in [0.2, 0.25) is 0 Å². The molecule has 0 unspecified atom stereocenters. The molecule has 0 aliphatic carbocycles. The first-order valence-electron chi connectivity index (χ1n) is 8.52. The normalized spacial score (nSPS) is 16.3. The van der Waals surface area contributed by atoms with Gasteiger partial charge < -0.3 is 15.0 Å². The molecule has 0 saturated carbocycles. The number of halogens is 1. The Kier molecular flexibility index (Phi) is 5.49. The zero-order valence-corrected chi connectivity index (χ0v) is 14.8. The highest BCUT2D eigenvalue weighted by Gasteiger charge is 2.36. The summed E-state index contributed by atoms with van der Waals surface area (Å²) in [5, 5.41) is 2.68. The third-order valence-corrected chi connectivity index (χ3v) is 4.36. The van der Waals surface area contributed by atoms with E-state index in [2.05, 4.69) is 5.32 Å². The fourth-order valence-electron chi connectivity index (χ4n) is 2.89. The van der Waals surface area contributed by atoms with E-state index in [0.717, 1.165) is 5.56 Å². The molecule has 2 aromatic rings. The van der Waals surface area contributed by atoms with Crippen LogP contribution in [0.5, 0.6) is 0 Å². The van der Waals surface area contributed by atoms with Gasteiger partial charge in [0.2, 0.25) is 5.91 Å². The molecule has 7 heteroatoms. The molecule has 0 bridgehead atoms. The minimum absolute atomic E-state index is 0.00434. The van der Waals surface area contributed by atoms with Gasteiger partial charge in [0.25, 0.3) is 5.91 Å². The molecule has 2 amide bonds. The van der Waals surface area contributed by atoms with Gasteiger partial charge in [-0.15, -0.1) is 0 Å².